The van der Waals surface area contributed by atoms with E-state index in [-0.39, 0.29) is 5.82 Å². The summed E-state index contributed by atoms with van der Waals surface area (Å²) in [7, 11) is 0. The molecule has 2 heterocycles. The number of nitrogen functional groups attached to an aromatic ring is 1. The van der Waals surface area contributed by atoms with E-state index in [2.05, 4.69) is 4.98 Å². The van der Waals surface area contributed by atoms with Crippen LogP contribution in [0.25, 0.3) is 0 Å². The number of aliphatic hydroxyl groups excluding tert-OH is 1. The number of rotatable bonds is 4. The van der Waals surface area contributed by atoms with Crippen molar-refractivity contribution in [2.45, 2.75) is 57.2 Å². The number of aromatic nitrogens is 2. The molecule has 11 heteroatoms. The third kappa shape index (κ3) is 4.47. The molecule has 0 spiro atoms. The fraction of sp³-hybridized carbons (Fsp3) is 0.667. The highest BCUT2D eigenvalue weighted by Crippen LogP contribution is 2.39. The van der Waals surface area contributed by atoms with Crippen LogP contribution in [0.15, 0.2) is 17.1 Å². The number of nitrogens with zero attached hydrogens (tertiary/aromatic N) is 2. The summed E-state index contributed by atoms with van der Waals surface area (Å²) >= 11 is 0. The Bertz CT molecular complexity index is 718. The van der Waals surface area contributed by atoms with Gasteiger partial charge in [-0.3, -0.25) is 4.57 Å². The van der Waals surface area contributed by atoms with E-state index in [0.29, 0.717) is 0 Å². The van der Waals surface area contributed by atoms with E-state index < -0.39 is 54.8 Å². The number of alkyl halides is 2. The van der Waals surface area contributed by atoms with Gasteiger partial charge in [0.05, 0.1) is 13.2 Å². The molecule has 26 heavy (non-hydrogen) atoms. The Morgan fingerprint density at radius 1 is 1.50 bits per heavy atom. The van der Waals surface area contributed by atoms with Crippen LogP contribution in [0.3, 0.4) is 0 Å². The Kier molecular flexibility index (Phi) is 5.52. The van der Waals surface area contributed by atoms with Gasteiger partial charge in [-0.25, -0.2) is 9.59 Å². The molecule has 3 unspecified atom stereocenters. The Morgan fingerprint density at radius 3 is 2.69 bits per heavy atom. The molecule has 1 aliphatic rings. The highest BCUT2D eigenvalue weighted by molar-refractivity contribution is 5.61. The van der Waals surface area contributed by atoms with Gasteiger partial charge in [0.1, 0.15) is 23.6 Å². The van der Waals surface area contributed by atoms with Crippen molar-refractivity contribution in [1.29, 1.82) is 0 Å². The molecular formula is C15H21F2N3O6. The van der Waals surface area contributed by atoms with Crippen LogP contribution in [0.4, 0.5) is 19.4 Å². The third-order valence-electron chi connectivity index (χ3n) is 3.54. The Labute approximate surface area is 147 Å². The van der Waals surface area contributed by atoms with Gasteiger partial charge < -0.3 is 25.1 Å². The number of carbonyl (C=O) groups excluding carboxylic acids is 1. The van der Waals surface area contributed by atoms with E-state index in [1.54, 1.807) is 20.8 Å². The van der Waals surface area contributed by atoms with E-state index in [1.165, 1.54) is 12.3 Å². The fourth-order valence-electron chi connectivity index (χ4n) is 2.40. The lowest BCUT2D eigenvalue weighted by Gasteiger charge is -2.25. The normalized spacial score (nSPS) is 25.1. The maximum absolute atomic E-state index is 14.7. The topological polar surface area (TPSA) is 126 Å². The summed E-state index contributed by atoms with van der Waals surface area (Å²) < 4.78 is 44.9. The van der Waals surface area contributed by atoms with Gasteiger partial charge in [0, 0.05) is 6.20 Å². The van der Waals surface area contributed by atoms with Gasteiger partial charge in [-0.2, -0.15) is 13.8 Å². The van der Waals surface area contributed by atoms with Crippen molar-refractivity contribution in [3.63, 3.8) is 0 Å². The minimum Gasteiger partial charge on any atom is -0.429 e. The van der Waals surface area contributed by atoms with Gasteiger partial charge in [-0.15, -0.1) is 0 Å². The van der Waals surface area contributed by atoms with E-state index in [9.17, 15) is 23.5 Å². The highest BCUT2D eigenvalue weighted by atomic mass is 19.3. The lowest BCUT2D eigenvalue weighted by atomic mass is 10.1. The van der Waals surface area contributed by atoms with E-state index in [1.807, 2.05) is 0 Å². The Hall–Kier alpha value is -2.27. The summed E-state index contributed by atoms with van der Waals surface area (Å²) in [5, 5.41) is 9.30. The molecule has 1 aromatic rings. The van der Waals surface area contributed by atoms with Crippen molar-refractivity contribution >= 4 is 12.0 Å². The average Bonchev–Trinajstić information content (AvgIpc) is 2.71. The third-order valence-corrected chi connectivity index (χ3v) is 3.54. The van der Waals surface area contributed by atoms with E-state index >= 15 is 0 Å². The van der Waals surface area contributed by atoms with Gasteiger partial charge in [-0.1, -0.05) is 0 Å². The second kappa shape index (κ2) is 7.16. The summed E-state index contributed by atoms with van der Waals surface area (Å²) in [6, 6.07) is 1.27. The first-order chi connectivity index (χ1) is 11.9. The monoisotopic (exact) mass is 377 g/mol. The predicted molar refractivity (Wildman–Crippen MR) is 84.7 cm³/mol. The van der Waals surface area contributed by atoms with Crippen LogP contribution >= 0.6 is 0 Å². The second-order valence-corrected chi connectivity index (χ2v) is 6.81. The van der Waals surface area contributed by atoms with Gasteiger partial charge >= 0.3 is 17.8 Å². The van der Waals surface area contributed by atoms with Crippen molar-refractivity contribution in [1.82, 2.24) is 9.55 Å². The molecule has 1 aliphatic heterocycles. The zero-order chi connectivity index (χ0) is 19.7. The smallest absolute Gasteiger partial charge is 0.429 e. The van der Waals surface area contributed by atoms with Crippen LogP contribution in [0.2, 0.25) is 0 Å². The molecule has 0 saturated carbocycles. The average molecular weight is 377 g/mol. The van der Waals surface area contributed by atoms with E-state index in [0.717, 1.165) is 4.57 Å². The lowest BCUT2D eigenvalue weighted by molar-refractivity contribution is -0.132. The predicted octanol–water partition coefficient (Wildman–Crippen LogP) is 0.541. The zero-order valence-electron chi connectivity index (χ0n) is 14.5. The largest absolute Gasteiger partial charge is 0.509 e. The Balaban J connectivity index is 2.18. The molecule has 0 aromatic carbocycles. The Morgan fingerprint density at radius 2 is 2.15 bits per heavy atom. The molecule has 0 radical (unpaired) electrons. The first-order valence-electron chi connectivity index (χ1n) is 7.81. The van der Waals surface area contributed by atoms with Gasteiger partial charge in [-0.05, 0) is 26.8 Å². The maximum Gasteiger partial charge on any atom is 0.509 e. The molecule has 2 rings (SSSR count). The number of nitrogens with two attached hydrogens (primary N) is 1. The summed E-state index contributed by atoms with van der Waals surface area (Å²) in [5.74, 6) is -3.73. The molecule has 146 valence electrons. The van der Waals surface area contributed by atoms with Crippen LogP contribution in [0.1, 0.15) is 20.8 Å². The number of aliphatic hydroxyl groups is 1. The molecular weight excluding hydrogens is 356 g/mol. The SMILES string of the molecule is CC(C)(C)OC(=O)OC1C(CO)OC(Cn2ccc(N)nc2=O)C1(F)F. The van der Waals surface area contributed by atoms with Crippen molar-refractivity contribution in [2.75, 3.05) is 12.3 Å². The summed E-state index contributed by atoms with van der Waals surface area (Å²) in [6.07, 6.45) is -5.48. The lowest BCUT2D eigenvalue weighted by Crippen LogP contribution is -2.46. The molecule has 3 atom stereocenters. The fourth-order valence-corrected chi connectivity index (χ4v) is 2.40. The van der Waals surface area contributed by atoms with Gasteiger partial charge in [0.25, 0.3) is 0 Å². The number of ether oxygens (including phenoxy) is 3. The van der Waals surface area contributed by atoms with E-state index in [4.69, 9.17) is 19.9 Å². The number of halogens is 2. The standard InChI is InChI=1S/C15H21F2N3O6/c1-14(2,3)26-13(23)25-11-8(7-21)24-9(15(11,16)17)6-20-5-4-10(18)19-12(20)22/h4-5,8-9,11,21H,6-7H2,1-3H3,(H2,18,19,22). The van der Waals surface area contributed by atoms with Crippen LogP contribution in [0.5, 0.6) is 0 Å². The molecule has 1 aromatic heterocycles. The van der Waals surface area contributed by atoms with Crippen molar-refractivity contribution in [3.8, 4) is 0 Å². The number of hydrogen-bond donors (Lipinski definition) is 2. The minimum absolute atomic E-state index is 0.0512. The maximum atomic E-state index is 14.7. The summed E-state index contributed by atoms with van der Waals surface area (Å²) in [5.41, 5.74) is 3.58. The van der Waals surface area contributed by atoms with Crippen molar-refractivity contribution < 1.29 is 32.9 Å². The van der Waals surface area contributed by atoms with Gasteiger partial charge in [0.2, 0.25) is 0 Å². The molecule has 3 N–H and O–H groups in total. The van der Waals surface area contributed by atoms with Crippen LogP contribution in [-0.4, -0.2) is 57.3 Å². The van der Waals surface area contributed by atoms with Gasteiger partial charge in [0.15, 0.2) is 6.10 Å². The van der Waals surface area contributed by atoms with Crippen molar-refractivity contribution in [3.05, 3.63) is 22.7 Å². The van der Waals surface area contributed by atoms with Crippen LogP contribution in [-0.2, 0) is 20.8 Å². The highest BCUT2D eigenvalue weighted by Gasteiger charge is 2.61. The number of hydrogen-bond acceptors (Lipinski definition) is 8. The number of anilines is 1. The van der Waals surface area contributed by atoms with Crippen molar-refractivity contribution in [2.24, 2.45) is 0 Å². The molecule has 1 saturated heterocycles. The number of carbonyl (C=O) groups is 1. The minimum atomic E-state index is -3.68. The molecule has 0 bridgehead atoms. The summed E-state index contributed by atoms with van der Waals surface area (Å²) in [4.78, 5) is 26.9. The second-order valence-electron chi connectivity index (χ2n) is 6.81. The molecule has 1 fully saturated rings. The molecule has 9 nitrogen and oxygen atoms in total. The summed E-state index contributed by atoms with van der Waals surface area (Å²) in [6.45, 7) is 3.26. The quantitative estimate of drug-likeness (QED) is 0.728. The van der Waals surface area contributed by atoms with Crippen LogP contribution in [0, 0.1) is 0 Å². The molecule has 0 aliphatic carbocycles. The first-order valence-corrected chi connectivity index (χ1v) is 7.81. The zero-order valence-corrected chi connectivity index (χ0v) is 14.5. The van der Waals surface area contributed by atoms with Crippen LogP contribution < -0.4 is 11.4 Å². The first kappa shape index (κ1) is 20.0. The molecule has 0 amide bonds.